The predicted octanol–water partition coefficient (Wildman–Crippen LogP) is 5.03. The van der Waals surface area contributed by atoms with Gasteiger partial charge in [-0.05, 0) is 56.3 Å². The van der Waals surface area contributed by atoms with Crippen LogP contribution < -0.4 is 4.74 Å². The van der Waals surface area contributed by atoms with Gasteiger partial charge in [-0.1, -0.05) is 36.4 Å². The van der Waals surface area contributed by atoms with Gasteiger partial charge in [0.05, 0.1) is 17.5 Å². The summed E-state index contributed by atoms with van der Waals surface area (Å²) in [6.07, 6.45) is 0. The van der Waals surface area contributed by atoms with Crippen LogP contribution in [-0.2, 0) is 20.4 Å². The van der Waals surface area contributed by atoms with Crippen LogP contribution in [0.5, 0.6) is 5.75 Å². The highest BCUT2D eigenvalue weighted by Crippen LogP contribution is 2.34. The van der Waals surface area contributed by atoms with E-state index in [1.807, 2.05) is 24.3 Å². The highest BCUT2D eigenvalue weighted by Gasteiger charge is 2.30. The van der Waals surface area contributed by atoms with Crippen LogP contribution in [0.15, 0.2) is 93.5 Å². The number of rotatable bonds is 7. The molecule has 0 aromatic heterocycles. The lowest BCUT2D eigenvalue weighted by Gasteiger charge is -2.12. The molecule has 27 heavy (non-hydrogen) atoms. The summed E-state index contributed by atoms with van der Waals surface area (Å²) in [5, 5.41) is 0. The van der Waals surface area contributed by atoms with E-state index >= 15 is 0 Å². The van der Waals surface area contributed by atoms with E-state index in [0.29, 0.717) is 12.4 Å². The van der Waals surface area contributed by atoms with E-state index in [9.17, 15) is 4.79 Å². The summed E-state index contributed by atoms with van der Waals surface area (Å²) in [7, 11) is -0.197. The normalized spacial score (nSPS) is 10.6. The van der Waals surface area contributed by atoms with Crippen molar-refractivity contribution >= 4 is 16.9 Å². The second kappa shape index (κ2) is 9.28. The second-order valence-corrected chi connectivity index (χ2v) is 7.95. The molecular weight excluding hydrogens is 356 g/mol. The quantitative estimate of drug-likeness (QED) is 0.426. The Morgan fingerprint density at radius 2 is 1.48 bits per heavy atom. The molecule has 0 N–H and O–H groups in total. The highest BCUT2D eigenvalue weighted by molar-refractivity contribution is 7.97. The van der Waals surface area contributed by atoms with E-state index in [1.54, 1.807) is 6.92 Å². The van der Waals surface area contributed by atoms with Crippen molar-refractivity contribution in [3.8, 4) is 5.75 Å². The molecule has 0 unspecified atom stereocenters. The monoisotopic (exact) mass is 379 g/mol. The van der Waals surface area contributed by atoms with Crippen LogP contribution in [-0.4, -0.2) is 19.2 Å². The van der Waals surface area contributed by atoms with E-state index in [0.717, 1.165) is 5.56 Å². The lowest BCUT2D eigenvalue weighted by atomic mass is 10.2. The molecule has 3 aromatic rings. The van der Waals surface area contributed by atoms with Gasteiger partial charge in [-0.15, -0.1) is 0 Å². The molecule has 0 saturated heterocycles. The molecule has 0 heterocycles. The molecule has 0 radical (unpaired) electrons. The van der Waals surface area contributed by atoms with Crippen LogP contribution >= 0.6 is 0 Å². The Morgan fingerprint density at radius 3 is 2.00 bits per heavy atom. The van der Waals surface area contributed by atoms with Crippen molar-refractivity contribution < 1.29 is 14.3 Å². The molecule has 0 spiro atoms. The first kappa shape index (κ1) is 19.1. The standard InChI is InChI=1S/C23H23O3S/c1-3-25-23(24)17-26-19-14-15-22(18(2)16-19)27(20-10-6-4-7-11-20)21-12-8-5-9-13-21/h4-16H,3,17H2,1-2H3/q+1. The first-order chi connectivity index (χ1) is 13.2. The van der Waals surface area contributed by atoms with Gasteiger partial charge in [0.25, 0.3) is 0 Å². The van der Waals surface area contributed by atoms with Crippen LogP contribution in [0.4, 0.5) is 0 Å². The van der Waals surface area contributed by atoms with Gasteiger partial charge in [0, 0.05) is 5.56 Å². The minimum atomic E-state index is -0.354. The lowest BCUT2D eigenvalue weighted by Crippen LogP contribution is -2.14. The van der Waals surface area contributed by atoms with Gasteiger partial charge in [0.2, 0.25) is 0 Å². The zero-order valence-electron chi connectivity index (χ0n) is 15.6. The Morgan fingerprint density at radius 1 is 0.889 bits per heavy atom. The third-order valence-electron chi connectivity index (χ3n) is 3.99. The highest BCUT2D eigenvalue weighted by atomic mass is 32.2. The molecule has 0 saturated carbocycles. The van der Waals surface area contributed by atoms with E-state index in [1.165, 1.54) is 14.7 Å². The molecule has 138 valence electrons. The number of carbonyl (C=O) groups excluding carboxylic acids is 1. The molecule has 0 fully saturated rings. The number of aryl methyl sites for hydroxylation is 1. The van der Waals surface area contributed by atoms with Crippen molar-refractivity contribution in [2.45, 2.75) is 28.5 Å². The Labute approximate surface area is 163 Å². The number of hydrogen-bond acceptors (Lipinski definition) is 3. The third-order valence-corrected chi connectivity index (χ3v) is 6.37. The Kier molecular flexibility index (Phi) is 6.55. The predicted molar refractivity (Wildman–Crippen MR) is 108 cm³/mol. The summed E-state index contributed by atoms with van der Waals surface area (Å²) < 4.78 is 10.5. The van der Waals surface area contributed by atoms with Crippen molar-refractivity contribution in [1.29, 1.82) is 0 Å². The van der Waals surface area contributed by atoms with Crippen molar-refractivity contribution in [2.75, 3.05) is 13.2 Å². The fourth-order valence-corrected chi connectivity index (χ4v) is 5.01. The zero-order chi connectivity index (χ0) is 19.1. The van der Waals surface area contributed by atoms with Crippen LogP contribution in [0.2, 0.25) is 0 Å². The number of esters is 1. The molecule has 0 aliphatic rings. The molecule has 0 aliphatic carbocycles. The fourth-order valence-electron chi connectivity index (χ4n) is 2.79. The second-order valence-electron chi connectivity index (χ2n) is 5.95. The van der Waals surface area contributed by atoms with Crippen molar-refractivity contribution in [1.82, 2.24) is 0 Å². The van der Waals surface area contributed by atoms with E-state index in [2.05, 4.69) is 61.5 Å². The number of ether oxygens (including phenoxy) is 2. The summed E-state index contributed by atoms with van der Waals surface area (Å²) >= 11 is 0. The molecule has 3 rings (SSSR count). The van der Waals surface area contributed by atoms with Crippen molar-refractivity contribution in [3.63, 3.8) is 0 Å². The van der Waals surface area contributed by atoms with E-state index in [-0.39, 0.29) is 23.5 Å². The summed E-state index contributed by atoms with van der Waals surface area (Å²) in [4.78, 5) is 15.3. The molecule has 0 amide bonds. The summed E-state index contributed by atoms with van der Waals surface area (Å²) in [5.74, 6) is 0.321. The first-order valence-corrected chi connectivity index (χ1v) is 10.1. The Hall–Kier alpha value is -2.72. The maximum absolute atomic E-state index is 11.5. The summed E-state index contributed by atoms with van der Waals surface area (Å²) in [5.41, 5.74) is 1.13. The number of benzene rings is 3. The van der Waals surface area contributed by atoms with Crippen LogP contribution in [0.3, 0.4) is 0 Å². The lowest BCUT2D eigenvalue weighted by molar-refractivity contribution is -0.145. The molecule has 0 aliphatic heterocycles. The Bertz CT molecular complexity index is 839. The van der Waals surface area contributed by atoms with Crippen LogP contribution in [0.25, 0.3) is 0 Å². The first-order valence-electron chi connectivity index (χ1n) is 8.92. The third kappa shape index (κ3) is 4.92. The molecule has 4 heteroatoms. The van der Waals surface area contributed by atoms with Crippen molar-refractivity contribution in [2.24, 2.45) is 0 Å². The van der Waals surface area contributed by atoms with Gasteiger partial charge in [-0.3, -0.25) is 0 Å². The van der Waals surface area contributed by atoms with E-state index in [4.69, 9.17) is 9.47 Å². The Balaban J connectivity index is 1.90. The van der Waals surface area contributed by atoms with Crippen LogP contribution in [0.1, 0.15) is 12.5 Å². The van der Waals surface area contributed by atoms with Crippen LogP contribution in [0, 0.1) is 6.92 Å². The minimum Gasteiger partial charge on any atom is -0.482 e. The maximum Gasteiger partial charge on any atom is 0.344 e. The summed E-state index contributed by atoms with van der Waals surface area (Å²) in [6, 6.07) is 27.0. The van der Waals surface area contributed by atoms with Crippen molar-refractivity contribution in [3.05, 3.63) is 84.4 Å². The molecule has 0 atom stereocenters. The van der Waals surface area contributed by atoms with Gasteiger partial charge in [-0.2, -0.15) is 0 Å². The number of hydrogen-bond donors (Lipinski definition) is 0. The molecule has 3 aromatic carbocycles. The SMILES string of the molecule is CCOC(=O)COc1ccc([S+](c2ccccc2)c2ccccc2)c(C)c1. The van der Waals surface area contributed by atoms with Gasteiger partial charge in [0.1, 0.15) is 5.75 Å². The summed E-state index contributed by atoms with van der Waals surface area (Å²) in [6.45, 7) is 4.15. The maximum atomic E-state index is 11.5. The van der Waals surface area contributed by atoms with Gasteiger partial charge in [0.15, 0.2) is 21.3 Å². The van der Waals surface area contributed by atoms with Gasteiger partial charge < -0.3 is 9.47 Å². The smallest absolute Gasteiger partial charge is 0.344 e. The molecular formula is C23H23O3S+. The minimum absolute atomic E-state index is 0.0737. The fraction of sp³-hybridized carbons (Fsp3) is 0.174. The average molecular weight is 380 g/mol. The topological polar surface area (TPSA) is 35.5 Å². The van der Waals surface area contributed by atoms with Gasteiger partial charge >= 0.3 is 5.97 Å². The average Bonchev–Trinajstić information content (AvgIpc) is 2.70. The largest absolute Gasteiger partial charge is 0.482 e. The molecule has 0 bridgehead atoms. The number of carbonyl (C=O) groups is 1. The van der Waals surface area contributed by atoms with Gasteiger partial charge in [-0.25, -0.2) is 4.79 Å². The van der Waals surface area contributed by atoms with E-state index < -0.39 is 0 Å². The molecule has 3 nitrogen and oxygen atoms in total. The zero-order valence-corrected chi connectivity index (χ0v) is 16.4.